The first-order chi connectivity index (χ1) is 7.25. The number of aliphatic hydroxyl groups is 1. The molecule has 0 aromatic rings. The lowest BCUT2D eigenvalue weighted by Crippen LogP contribution is -2.50. The first-order valence-corrected chi connectivity index (χ1v) is 5.87. The number of hydrogen-bond donors (Lipinski definition) is 2. The van der Waals surface area contributed by atoms with E-state index in [4.69, 9.17) is 23.1 Å². The van der Waals surface area contributed by atoms with E-state index in [0.717, 1.165) is 0 Å². The van der Waals surface area contributed by atoms with E-state index in [-0.39, 0.29) is 23.5 Å². The number of thiocarbonyl (C=S) groups is 1. The van der Waals surface area contributed by atoms with E-state index in [1.807, 2.05) is 13.8 Å². The van der Waals surface area contributed by atoms with Gasteiger partial charge >= 0.3 is 0 Å². The second kappa shape index (κ2) is 6.15. The zero-order valence-electron chi connectivity index (χ0n) is 10.5. The number of nitrogens with two attached hydrogens (primary N) is 1. The molecular formula is C11H22N2O2S. The van der Waals surface area contributed by atoms with Gasteiger partial charge in [0.1, 0.15) is 0 Å². The number of carbonyl (C=O) groups excluding carboxylic acids is 1. The molecule has 0 saturated carbocycles. The molecule has 0 unspecified atom stereocenters. The van der Waals surface area contributed by atoms with E-state index in [0.29, 0.717) is 13.0 Å². The third-order valence-corrected chi connectivity index (χ3v) is 3.10. The summed E-state index contributed by atoms with van der Waals surface area (Å²) in [6.45, 7) is 7.93. The monoisotopic (exact) mass is 246 g/mol. The third kappa shape index (κ3) is 3.72. The van der Waals surface area contributed by atoms with E-state index in [1.54, 1.807) is 18.7 Å². The summed E-state index contributed by atoms with van der Waals surface area (Å²) >= 11 is 4.91. The van der Waals surface area contributed by atoms with Crippen LogP contribution in [-0.4, -0.2) is 40.1 Å². The summed E-state index contributed by atoms with van der Waals surface area (Å²) in [5, 5.41) is 8.80. The standard InChI is InChI=1S/C11H22N2O2S/c1-8(2)13(6-5-7-14)10(15)11(3,4)9(12)16/h8,14H,5-7H2,1-4H3,(H2,12,16). The van der Waals surface area contributed by atoms with Gasteiger partial charge in [0.25, 0.3) is 0 Å². The van der Waals surface area contributed by atoms with Crippen molar-refractivity contribution in [3.05, 3.63) is 0 Å². The number of hydrogen-bond acceptors (Lipinski definition) is 3. The Morgan fingerprint density at radius 3 is 2.31 bits per heavy atom. The van der Waals surface area contributed by atoms with Crippen LogP contribution in [0.25, 0.3) is 0 Å². The lowest BCUT2D eigenvalue weighted by atomic mass is 9.91. The molecule has 0 heterocycles. The molecule has 0 aromatic heterocycles. The first-order valence-electron chi connectivity index (χ1n) is 5.47. The Morgan fingerprint density at radius 1 is 1.50 bits per heavy atom. The highest BCUT2D eigenvalue weighted by Crippen LogP contribution is 2.21. The predicted octanol–water partition coefficient (Wildman–Crippen LogP) is 0.918. The van der Waals surface area contributed by atoms with E-state index >= 15 is 0 Å². The van der Waals surface area contributed by atoms with Crippen molar-refractivity contribution >= 4 is 23.1 Å². The van der Waals surface area contributed by atoms with E-state index in [2.05, 4.69) is 0 Å². The van der Waals surface area contributed by atoms with Gasteiger partial charge in [0.15, 0.2) is 0 Å². The molecule has 0 radical (unpaired) electrons. The third-order valence-electron chi connectivity index (χ3n) is 2.59. The maximum Gasteiger partial charge on any atom is 0.235 e. The smallest absolute Gasteiger partial charge is 0.235 e. The molecule has 1 amide bonds. The lowest BCUT2D eigenvalue weighted by molar-refractivity contribution is -0.138. The van der Waals surface area contributed by atoms with Crippen LogP contribution < -0.4 is 5.73 Å². The van der Waals surface area contributed by atoms with E-state index < -0.39 is 5.41 Å². The molecule has 3 N–H and O–H groups in total. The number of aliphatic hydroxyl groups excluding tert-OH is 1. The average Bonchev–Trinajstić information content (AvgIpc) is 2.17. The molecule has 0 aromatic carbocycles. The molecule has 0 fully saturated rings. The molecule has 94 valence electrons. The number of amides is 1. The number of nitrogens with zero attached hydrogens (tertiary/aromatic N) is 1. The van der Waals surface area contributed by atoms with E-state index in [1.165, 1.54) is 0 Å². The molecule has 0 aliphatic heterocycles. The Kier molecular flexibility index (Phi) is 5.89. The zero-order chi connectivity index (χ0) is 12.9. The summed E-state index contributed by atoms with van der Waals surface area (Å²) in [5.41, 5.74) is 4.75. The van der Waals surface area contributed by atoms with Crippen LogP contribution in [0.1, 0.15) is 34.1 Å². The summed E-state index contributed by atoms with van der Waals surface area (Å²) in [6, 6.07) is 0.0766. The van der Waals surface area contributed by atoms with Crippen LogP contribution >= 0.6 is 12.2 Å². The Hall–Kier alpha value is -0.680. The predicted molar refractivity (Wildman–Crippen MR) is 69.1 cm³/mol. The molecule has 0 aliphatic carbocycles. The minimum Gasteiger partial charge on any atom is -0.396 e. The van der Waals surface area contributed by atoms with Crippen LogP contribution in [0.15, 0.2) is 0 Å². The van der Waals surface area contributed by atoms with E-state index in [9.17, 15) is 4.79 Å². The van der Waals surface area contributed by atoms with Gasteiger partial charge in [-0.3, -0.25) is 4.79 Å². The number of carbonyl (C=O) groups is 1. The molecule has 0 spiro atoms. The molecule has 4 nitrogen and oxygen atoms in total. The molecule has 0 rings (SSSR count). The molecule has 16 heavy (non-hydrogen) atoms. The van der Waals surface area contributed by atoms with Gasteiger partial charge in [-0.25, -0.2) is 0 Å². The lowest BCUT2D eigenvalue weighted by Gasteiger charge is -2.34. The van der Waals surface area contributed by atoms with Gasteiger partial charge in [-0.1, -0.05) is 12.2 Å². The molecular weight excluding hydrogens is 224 g/mol. The molecule has 0 bridgehead atoms. The fourth-order valence-electron chi connectivity index (χ4n) is 1.30. The Bertz CT molecular complexity index is 265. The van der Waals surface area contributed by atoms with Crippen LogP contribution in [-0.2, 0) is 4.79 Å². The summed E-state index contributed by atoms with van der Waals surface area (Å²) in [5.74, 6) is -0.0801. The van der Waals surface area contributed by atoms with Crippen molar-refractivity contribution in [2.45, 2.75) is 40.2 Å². The molecule has 0 saturated heterocycles. The van der Waals surface area contributed by atoms with Crippen LogP contribution in [0.2, 0.25) is 0 Å². The maximum atomic E-state index is 12.2. The SMILES string of the molecule is CC(C)N(CCCO)C(=O)C(C)(C)C(N)=S. The second-order valence-electron chi connectivity index (χ2n) is 4.66. The van der Waals surface area contributed by atoms with Gasteiger partial charge in [0, 0.05) is 19.2 Å². The van der Waals surface area contributed by atoms with Crippen molar-refractivity contribution < 1.29 is 9.90 Å². The second-order valence-corrected chi connectivity index (χ2v) is 5.10. The van der Waals surface area contributed by atoms with Gasteiger partial charge in [-0.15, -0.1) is 0 Å². The fraction of sp³-hybridized carbons (Fsp3) is 0.818. The highest BCUT2D eigenvalue weighted by molar-refractivity contribution is 7.80. The van der Waals surface area contributed by atoms with Crippen molar-refractivity contribution in [2.75, 3.05) is 13.2 Å². The Labute approximate surface area is 103 Å². The minimum absolute atomic E-state index is 0.0734. The zero-order valence-corrected chi connectivity index (χ0v) is 11.3. The van der Waals surface area contributed by atoms with Crippen LogP contribution in [0.5, 0.6) is 0 Å². The van der Waals surface area contributed by atoms with Crippen molar-refractivity contribution in [1.82, 2.24) is 4.90 Å². The molecule has 0 aliphatic rings. The van der Waals surface area contributed by atoms with Gasteiger partial charge in [0.05, 0.1) is 10.4 Å². The topological polar surface area (TPSA) is 66.6 Å². The van der Waals surface area contributed by atoms with Crippen molar-refractivity contribution in [3.8, 4) is 0 Å². The Morgan fingerprint density at radius 2 is 2.00 bits per heavy atom. The normalized spacial score (nSPS) is 11.6. The molecule has 0 atom stereocenters. The first kappa shape index (κ1) is 15.3. The summed E-state index contributed by atoms with van der Waals surface area (Å²) in [6.07, 6.45) is 0.567. The van der Waals surface area contributed by atoms with Gasteiger partial charge in [0.2, 0.25) is 5.91 Å². The van der Waals surface area contributed by atoms with Crippen LogP contribution in [0, 0.1) is 5.41 Å². The summed E-state index contributed by atoms with van der Waals surface area (Å²) < 4.78 is 0. The van der Waals surface area contributed by atoms with Crippen molar-refractivity contribution in [3.63, 3.8) is 0 Å². The average molecular weight is 246 g/mol. The highest BCUT2D eigenvalue weighted by Gasteiger charge is 2.35. The van der Waals surface area contributed by atoms with Crippen molar-refractivity contribution in [2.24, 2.45) is 11.1 Å². The fourth-order valence-corrected chi connectivity index (χ4v) is 1.39. The van der Waals surface area contributed by atoms with Gasteiger partial charge in [-0.2, -0.15) is 0 Å². The summed E-state index contributed by atoms with van der Waals surface area (Å²) in [7, 11) is 0. The van der Waals surface area contributed by atoms with Crippen molar-refractivity contribution in [1.29, 1.82) is 0 Å². The van der Waals surface area contributed by atoms with Gasteiger partial charge in [-0.05, 0) is 34.1 Å². The summed E-state index contributed by atoms with van der Waals surface area (Å²) in [4.78, 5) is 14.1. The highest BCUT2D eigenvalue weighted by atomic mass is 32.1. The Balaban J connectivity index is 4.80. The maximum absolute atomic E-state index is 12.2. The number of rotatable bonds is 6. The molecule has 5 heteroatoms. The van der Waals surface area contributed by atoms with Crippen LogP contribution in [0.3, 0.4) is 0 Å². The van der Waals surface area contributed by atoms with Gasteiger partial charge < -0.3 is 15.7 Å². The quantitative estimate of drug-likeness (QED) is 0.684. The minimum atomic E-state index is -0.824. The van der Waals surface area contributed by atoms with Crippen LogP contribution in [0.4, 0.5) is 0 Å². The largest absolute Gasteiger partial charge is 0.396 e.